The minimum Gasteiger partial charge on any atom is -0.352 e. The predicted molar refractivity (Wildman–Crippen MR) is 44.2 cm³/mol. The van der Waals surface area contributed by atoms with Gasteiger partial charge in [0.2, 0.25) is 5.91 Å². The number of hydrogen-bond acceptors (Lipinski definition) is 2. The molecule has 0 aromatic carbocycles. The highest BCUT2D eigenvalue weighted by Gasteiger charge is 2.21. The Kier molecular flexibility index (Phi) is 3.11. The second kappa shape index (κ2) is 4.13. The van der Waals surface area contributed by atoms with Gasteiger partial charge in [0.05, 0.1) is 5.92 Å². The Hall–Kier alpha value is -0.830. The smallest absolute Gasteiger partial charge is 0.224 e. The molecule has 0 bridgehead atoms. The van der Waals surface area contributed by atoms with E-state index < -0.39 is 0 Å². The van der Waals surface area contributed by atoms with Crippen molar-refractivity contribution in [2.45, 2.75) is 6.42 Å². The molecule has 0 radical (unpaired) electrons. The summed E-state index contributed by atoms with van der Waals surface area (Å²) >= 11 is 0. The molecular formula is C8H14N2O. The SMILES string of the molecule is C=CCNC(=O)[C@@H]1CCNC1. The van der Waals surface area contributed by atoms with Crippen molar-refractivity contribution in [1.29, 1.82) is 0 Å². The Morgan fingerprint density at radius 2 is 2.64 bits per heavy atom. The number of carbonyl (C=O) groups excluding carboxylic acids is 1. The van der Waals surface area contributed by atoms with Crippen LogP contribution >= 0.6 is 0 Å². The van der Waals surface area contributed by atoms with Gasteiger partial charge in [-0.25, -0.2) is 0 Å². The van der Waals surface area contributed by atoms with E-state index in [0.717, 1.165) is 19.5 Å². The first kappa shape index (κ1) is 8.27. The number of carbonyl (C=O) groups is 1. The third kappa shape index (κ3) is 2.35. The van der Waals surface area contributed by atoms with Crippen LogP contribution in [0.1, 0.15) is 6.42 Å². The lowest BCUT2D eigenvalue weighted by atomic mass is 10.1. The highest BCUT2D eigenvalue weighted by atomic mass is 16.1. The van der Waals surface area contributed by atoms with E-state index in [4.69, 9.17) is 0 Å². The maximum atomic E-state index is 11.2. The zero-order valence-electron chi connectivity index (χ0n) is 6.60. The molecule has 0 saturated carbocycles. The summed E-state index contributed by atoms with van der Waals surface area (Å²) in [6, 6.07) is 0. The van der Waals surface area contributed by atoms with Crippen molar-refractivity contribution in [2.75, 3.05) is 19.6 Å². The molecule has 2 N–H and O–H groups in total. The molecule has 1 atom stereocenters. The van der Waals surface area contributed by atoms with Gasteiger partial charge in [0, 0.05) is 13.1 Å². The molecule has 3 nitrogen and oxygen atoms in total. The first-order chi connectivity index (χ1) is 5.34. The molecule has 1 saturated heterocycles. The maximum Gasteiger partial charge on any atom is 0.224 e. The molecule has 1 heterocycles. The van der Waals surface area contributed by atoms with E-state index in [0.29, 0.717) is 6.54 Å². The quantitative estimate of drug-likeness (QED) is 0.557. The third-order valence-corrected chi connectivity index (χ3v) is 1.85. The van der Waals surface area contributed by atoms with Crippen molar-refractivity contribution in [2.24, 2.45) is 5.92 Å². The number of rotatable bonds is 3. The minimum absolute atomic E-state index is 0.148. The lowest BCUT2D eigenvalue weighted by molar-refractivity contribution is -0.124. The maximum absolute atomic E-state index is 11.2. The second-order valence-electron chi connectivity index (χ2n) is 2.72. The van der Waals surface area contributed by atoms with E-state index in [1.165, 1.54) is 0 Å². The number of nitrogens with one attached hydrogen (secondary N) is 2. The van der Waals surface area contributed by atoms with E-state index in [1.807, 2.05) is 0 Å². The molecule has 0 spiro atoms. The Bertz CT molecular complexity index is 150. The van der Waals surface area contributed by atoms with Gasteiger partial charge in [-0.2, -0.15) is 0 Å². The fourth-order valence-corrected chi connectivity index (χ4v) is 1.20. The van der Waals surface area contributed by atoms with E-state index in [2.05, 4.69) is 17.2 Å². The Labute approximate surface area is 66.9 Å². The van der Waals surface area contributed by atoms with Crippen LogP contribution in [-0.2, 0) is 4.79 Å². The van der Waals surface area contributed by atoms with Crippen molar-refractivity contribution >= 4 is 5.91 Å². The predicted octanol–water partition coefficient (Wildman–Crippen LogP) is -0.102. The van der Waals surface area contributed by atoms with Crippen LogP contribution < -0.4 is 10.6 Å². The summed E-state index contributed by atoms with van der Waals surface area (Å²) in [7, 11) is 0. The molecule has 1 amide bonds. The number of amides is 1. The fraction of sp³-hybridized carbons (Fsp3) is 0.625. The average molecular weight is 154 g/mol. The first-order valence-electron chi connectivity index (χ1n) is 3.94. The highest BCUT2D eigenvalue weighted by Crippen LogP contribution is 2.06. The standard InChI is InChI=1S/C8H14N2O/c1-2-4-10-8(11)7-3-5-9-6-7/h2,7,9H,1,3-6H2,(H,10,11)/t7-/m1/s1. The highest BCUT2D eigenvalue weighted by molar-refractivity contribution is 5.79. The summed E-state index contributed by atoms with van der Waals surface area (Å²) in [5.74, 6) is 0.324. The van der Waals surface area contributed by atoms with Crippen LogP contribution in [0.5, 0.6) is 0 Å². The van der Waals surface area contributed by atoms with Crippen molar-refractivity contribution in [3.05, 3.63) is 12.7 Å². The van der Waals surface area contributed by atoms with Crippen LogP contribution in [0, 0.1) is 5.92 Å². The van der Waals surface area contributed by atoms with Gasteiger partial charge in [-0.15, -0.1) is 6.58 Å². The van der Waals surface area contributed by atoms with E-state index in [-0.39, 0.29) is 11.8 Å². The van der Waals surface area contributed by atoms with Gasteiger partial charge < -0.3 is 10.6 Å². The van der Waals surface area contributed by atoms with Gasteiger partial charge in [-0.3, -0.25) is 4.79 Å². The van der Waals surface area contributed by atoms with Crippen LogP contribution in [0.15, 0.2) is 12.7 Å². The topological polar surface area (TPSA) is 41.1 Å². The van der Waals surface area contributed by atoms with Gasteiger partial charge in [0.1, 0.15) is 0 Å². The molecule has 1 aliphatic rings. The molecule has 1 aliphatic heterocycles. The van der Waals surface area contributed by atoms with E-state index >= 15 is 0 Å². The van der Waals surface area contributed by atoms with Gasteiger partial charge in [0.15, 0.2) is 0 Å². The number of hydrogen-bond donors (Lipinski definition) is 2. The summed E-state index contributed by atoms with van der Waals surface area (Å²) < 4.78 is 0. The minimum atomic E-state index is 0.148. The van der Waals surface area contributed by atoms with Crippen LogP contribution in [0.2, 0.25) is 0 Å². The van der Waals surface area contributed by atoms with Crippen molar-refractivity contribution in [1.82, 2.24) is 10.6 Å². The van der Waals surface area contributed by atoms with Gasteiger partial charge in [-0.05, 0) is 13.0 Å². The molecule has 11 heavy (non-hydrogen) atoms. The first-order valence-corrected chi connectivity index (χ1v) is 3.94. The fourth-order valence-electron chi connectivity index (χ4n) is 1.20. The van der Waals surface area contributed by atoms with Crippen molar-refractivity contribution < 1.29 is 4.79 Å². The molecule has 0 unspecified atom stereocenters. The van der Waals surface area contributed by atoms with Crippen LogP contribution in [0.3, 0.4) is 0 Å². The van der Waals surface area contributed by atoms with Gasteiger partial charge in [-0.1, -0.05) is 6.08 Å². The summed E-state index contributed by atoms with van der Waals surface area (Å²) in [6.45, 7) is 5.89. The summed E-state index contributed by atoms with van der Waals surface area (Å²) in [6.07, 6.45) is 2.66. The summed E-state index contributed by atoms with van der Waals surface area (Å²) in [5, 5.41) is 5.92. The zero-order valence-corrected chi connectivity index (χ0v) is 6.60. The Morgan fingerprint density at radius 1 is 1.82 bits per heavy atom. The molecule has 0 aliphatic carbocycles. The molecular weight excluding hydrogens is 140 g/mol. The van der Waals surface area contributed by atoms with Crippen LogP contribution in [0.4, 0.5) is 0 Å². The molecule has 1 fully saturated rings. The second-order valence-corrected chi connectivity index (χ2v) is 2.72. The van der Waals surface area contributed by atoms with Crippen molar-refractivity contribution in [3.8, 4) is 0 Å². The largest absolute Gasteiger partial charge is 0.352 e. The zero-order chi connectivity index (χ0) is 8.10. The third-order valence-electron chi connectivity index (χ3n) is 1.85. The Balaban J connectivity index is 2.22. The molecule has 0 aromatic heterocycles. The van der Waals surface area contributed by atoms with E-state index in [9.17, 15) is 4.79 Å². The molecule has 3 heteroatoms. The van der Waals surface area contributed by atoms with Gasteiger partial charge in [0.25, 0.3) is 0 Å². The van der Waals surface area contributed by atoms with E-state index in [1.54, 1.807) is 6.08 Å². The normalized spacial score (nSPS) is 23.1. The average Bonchev–Trinajstić information content (AvgIpc) is 2.52. The van der Waals surface area contributed by atoms with Crippen molar-refractivity contribution in [3.63, 3.8) is 0 Å². The van der Waals surface area contributed by atoms with Crippen LogP contribution in [0.25, 0.3) is 0 Å². The summed E-state index contributed by atoms with van der Waals surface area (Å²) in [5.41, 5.74) is 0. The lowest BCUT2D eigenvalue weighted by Crippen LogP contribution is -2.31. The van der Waals surface area contributed by atoms with Crippen LogP contribution in [-0.4, -0.2) is 25.5 Å². The molecule has 62 valence electrons. The summed E-state index contributed by atoms with van der Waals surface area (Å²) in [4.78, 5) is 11.2. The molecule has 1 rings (SSSR count). The van der Waals surface area contributed by atoms with Gasteiger partial charge >= 0.3 is 0 Å². The Morgan fingerprint density at radius 3 is 3.18 bits per heavy atom. The molecule has 0 aromatic rings. The lowest BCUT2D eigenvalue weighted by Gasteiger charge is -2.06. The monoisotopic (exact) mass is 154 g/mol.